The third-order valence-corrected chi connectivity index (χ3v) is 3.27. The van der Waals surface area contributed by atoms with Gasteiger partial charge in [0.1, 0.15) is 5.75 Å². The van der Waals surface area contributed by atoms with Crippen molar-refractivity contribution in [2.75, 3.05) is 25.1 Å². The number of nitrogens with zero attached hydrogens (tertiary/aromatic N) is 2. The molecule has 1 aromatic rings. The van der Waals surface area contributed by atoms with Crippen molar-refractivity contribution in [3.05, 3.63) is 28.3 Å². The molecule has 2 unspecified atom stereocenters. The Morgan fingerprint density at radius 1 is 1.37 bits per heavy atom. The summed E-state index contributed by atoms with van der Waals surface area (Å²) in [6.07, 6.45) is 0. The van der Waals surface area contributed by atoms with E-state index in [-0.39, 0.29) is 5.69 Å². The van der Waals surface area contributed by atoms with Crippen LogP contribution in [0.15, 0.2) is 18.2 Å². The molecule has 2 rings (SSSR count). The molecular formula is C13H19N3O3. The van der Waals surface area contributed by atoms with Crippen LogP contribution in [0.4, 0.5) is 11.4 Å². The summed E-state index contributed by atoms with van der Waals surface area (Å²) in [7, 11) is 1.54. The van der Waals surface area contributed by atoms with Gasteiger partial charge in [-0.2, -0.15) is 0 Å². The van der Waals surface area contributed by atoms with Crippen molar-refractivity contribution in [2.45, 2.75) is 25.9 Å². The third kappa shape index (κ3) is 2.96. The van der Waals surface area contributed by atoms with E-state index in [4.69, 9.17) is 4.74 Å². The van der Waals surface area contributed by atoms with Gasteiger partial charge >= 0.3 is 0 Å². The Kier molecular flexibility index (Phi) is 3.90. The first-order valence-corrected chi connectivity index (χ1v) is 6.34. The van der Waals surface area contributed by atoms with Gasteiger partial charge in [-0.05, 0) is 19.9 Å². The Morgan fingerprint density at radius 2 is 2.00 bits per heavy atom. The number of hydrogen-bond acceptors (Lipinski definition) is 5. The molecule has 6 nitrogen and oxygen atoms in total. The molecule has 2 atom stereocenters. The number of nitro groups is 1. The molecule has 0 amide bonds. The van der Waals surface area contributed by atoms with Crippen molar-refractivity contribution in [1.82, 2.24) is 5.32 Å². The van der Waals surface area contributed by atoms with Gasteiger partial charge in [-0.15, -0.1) is 0 Å². The largest absolute Gasteiger partial charge is 0.494 e. The average Bonchev–Trinajstić information content (AvgIpc) is 2.36. The van der Waals surface area contributed by atoms with E-state index in [9.17, 15) is 10.1 Å². The Morgan fingerprint density at radius 3 is 2.53 bits per heavy atom. The highest BCUT2D eigenvalue weighted by Crippen LogP contribution is 2.33. The van der Waals surface area contributed by atoms with Gasteiger partial charge in [-0.1, -0.05) is 0 Å². The van der Waals surface area contributed by atoms with Crippen LogP contribution in [0.3, 0.4) is 0 Å². The minimum absolute atomic E-state index is 0.0526. The Hall–Kier alpha value is -1.82. The molecule has 0 bridgehead atoms. The third-order valence-electron chi connectivity index (χ3n) is 3.27. The highest BCUT2D eigenvalue weighted by molar-refractivity contribution is 5.63. The number of piperazine rings is 1. The number of hydrogen-bond donors (Lipinski definition) is 1. The molecule has 1 aliphatic rings. The van der Waals surface area contributed by atoms with Gasteiger partial charge in [0.2, 0.25) is 0 Å². The van der Waals surface area contributed by atoms with Gasteiger partial charge < -0.3 is 15.0 Å². The summed E-state index contributed by atoms with van der Waals surface area (Å²) in [5, 5.41) is 14.2. The summed E-state index contributed by atoms with van der Waals surface area (Å²) < 4.78 is 5.29. The predicted octanol–water partition coefficient (Wildman–Crippen LogP) is 1.79. The van der Waals surface area contributed by atoms with Crippen LogP contribution in [-0.4, -0.2) is 37.2 Å². The molecule has 0 saturated carbocycles. The molecule has 0 aliphatic carbocycles. The Labute approximate surface area is 112 Å². The maximum Gasteiger partial charge on any atom is 0.273 e. The fourth-order valence-electron chi connectivity index (χ4n) is 2.56. The molecule has 6 heteroatoms. The first-order valence-electron chi connectivity index (χ1n) is 6.34. The molecule has 19 heavy (non-hydrogen) atoms. The highest BCUT2D eigenvalue weighted by atomic mass is 16.6. The lowest BCUT2D eigenvalue weighted by atomic mass is 10.1. The molecule has 0 spiro atoms. The zero-order valence-electron chi connectivity index (χ0n) is 11.4. The highest BCUT2D eigenvalue weighted by Gasteiger charge is 2.24. The van der Waals surface area contributed by atoms with E-state index in [0.29, 0.717) is 17.8 Å². The van der Waals surface area contributed by atoms with Gasteiger partial charge in [0, 0.05) is 31.2 Å². The number of nitrogens with one attached hydrogen (secondary N) is 1. The summed E-state index contributed by atoms with van der Waals surface area (Å²) in [4.78, 5) is 12.6. The quantitative estimate of drug-likeness (QED) is 0.666. The summed E-state index contributed by atoms with van der Waals surface area (Å²) in [5.74, 6) is 0.551. The normalized spacial score (nSPS) is 23.2. The monoisotopic (exact) mass is 265 g/mol. The number of benzene rings is 1. The fraction of sp³-hybridized carbons (Fsp3) is 0.538. The molecule has 104 valence electrons. The van der Waals surface area contributed by atoms with E-state index in [0.717, 1.165) is 18.8 Å². The van der Waals surface area contributed by atoms with Crippen molar-refractivity contribution >= 4 is 11.4 Å². The maximum absolute atomic E-state index is 10.8. The number of non-ortho nitro benzene ring substituents is 1. The lowest BCUT2D eigenvalue weighted by Crippen LogP contribution is -2.54. The number of nitro benzene ring substituents is 1. The van der Waals surface area contributed by atoms with E-state index in [2.05, 4.69) is 24.1 Å². The summed E-state index contributed by atoms with van der Waals surface area (Å²) >= 11 is 0. The Balaban J connectivity index is 2.30. The lowest BCUT2D eigenvalue weighted by Gasteiger charge is -2.38. The first kappa shape index (κ1) is 13.6. The molecule has 1 heterocycles. The maximum atomic E-state index is 10.8. The molecule has 1 aliphatic heterocycles. The van der Waals surface area contributed by atoms with E-state index >= 15 is 0 Å². The van der Waals surface area contributed by atoms with Crippen LogP contribution in [0.1, 0.15) is 13.8 Å². The van der Waals surface area contributed by atoms with Crippen LogP contribution in [0.25, 0.3) is 0 Å². The van der Waals surface area contributed by atoms with Crippen molar-refractivity contribution in [3.8, 4) is 5.75 Å². The molecule has 1 aromatic carbocycles. The second-order valence-electron chi connectivity index (χ2n) is 4.99. The second kappa shape index (κ2) is 5.44. The molecular weight excluding hydrogens is 246 g/mol. The van der Waals surface area contributed by atoms with Crippen molar-refractivity contribution < 1.29 is 9.66 Å². The minimum Gasteiger partial charge on any atom is -0.494 e. The smallest absolute Gasteiger partial charge is 0.273 e. The first-order chi connectivity index (χ1) is 9.01. The topological polar surface area (TPSA) is 67.6 Å². The van der Waals surface area contributed by atoms with Crippen LogP contribution in [0, 0.1) is 10.1 Å². The fourth-order valence-corrected chi connectivity index (χ4v) is 2.56. The van der Waals surface area contributed by atoms with Gasteiger partial charge in [-0.25, -0.2) is 0 Å². The molecule has 0 radical (unpaired) electrons. The van der Waals surface area contributed by atoms with Crippen LogP contribution >= 0.6 is 0 Å². The molecule has 0 aromatic heterocycles. The Bertz CT molecular complexity index is 468. The number of ether oxygens (including phenoxy) is 1. The van der Waals surface area contributed by atoms with Gasteiger partial charge in [0.25, 0.3) is 5.69 Å². The minimum atomic E-state index is -0.407. The molecule has 1 saturated heterocycles. The lowest BCUT2D eigenvalue weighted by molar-refractivity contribution is -0.384. The zero-order chi connectivity index (χ0) is 14.0. The van der Waals surface area contributed by atoms with Gasteiger partial charge in [-0.3, -0.25) is 10.1 Å². The molecule has 1 fully saturated rings. The number of rotatable bonds is 3. The second-order valence-corrected chi connectivity index (χ2v) is 4.99. The average molecular weight is 265 g/mol. The molecule has 1 N–H and O–H groups in total. The summed E-state index contributed by atoms with van der Waals surface area (Å²) in [5.41, 5.74) is 0.963. The van der Waals surface area contributed by atoms with E-state index in [1.165, 1.54) is 19.2 Å². The zero-order valence-corrected chi connectivity index (χ0v) is 11.4. The standard InChI is InChI=1S/C13H19N3O3/c1-9-7-15(8-10(2)14-9)12-5-4-11(16(17)18)6-13(12)19-3/h4-6,9-10,14H,7-8H2,1-3H3. The van der Waals surface area contributed by atoms with E-state index in [1.54, 1.807) is 6.07 Å². The number of methoxy groups -OCH3 is 1. The van der Waals surface area contributed by atoms with Crippen LogP contribution in [0.2, 0.25) is 0 Å². The summed E-state index contributed by atoms with van der Waals surface area (Å²) in [6.45, 7) is 5.97. The van der Waals surface area contributed by atoms with Gasteiger partial charge in [0.15, 0.2) is 0 Å². The van der Waals surface area contributed by atoms with E-state index < -0.39 is 4.92 Å². The van der Waals surface area contributed by atoms with Crippen LogP contribution in [0.5, 0.6) is 5.75 Å². The van der Waals surface area contributed by atoms with Crippen molar-refractivity contribution in [1.29, 1.82) is 0 Å². The van der Waals surface area contributed by atoms with Gasteiger partial charge in [0.05, 0.1) is 23.8 Å². The van der Waals surface area contributed by atoms with E-state index in [1.807, 2.05) is 0 Å². The van der Waals surface area contributed by atoms with Crippen LogP contribution in [-0.2, 0) is 0 Å². The SMILES string of the molecule is COc1cc([N+](=O)[O-])ccc1N1CC(C)NC(C)C1. The van der Waals surface area contributed by atoms with Crippen molar-refractivity contribution in [2.24, 2.45) is 0 Å². The summed E-state index contributed by atoms with van der Waals surface area (Å²) in [6, 6.07) is 5.52. The number of anilines is 1. The van der Waals surface area contributed by atoms with Crippen LogP contribution < -0.4 is 15.0 Å². The van der Waals surface area contributed by atoms with Crippen molar-refractivity contribution in [3.63, 3.8) is 0 Å². The predicted molar refractivity (Wildman–Crippen MR) is 73.9 cm³/mol.